The maximum Gasteiger partial charge on any atom is 0.0541 e. The van der Waals surface area contributed by atoms with Crippen LogP contribution in [-0.2, 0) is 0 Å². The van der Waals surface area contributed by atoms with Crippen LogP contribution in [0, 0.1) is 6.92 Å². The van der Waals surface area contributed by atoms with E-state index in [4.69, 9.17) is 0 Å². The molecule has 0 aliphatic carbocycles. The van der Waals surface area contributed by atoms with Gasteiger partial charge >= 0.3 is 0 Å². The molecular formula is C43H29N. The normalized spacial score (nSPS) is 11.8. The summed E-state index contributed by atoms with van der Waals surface area (Å²) in [5.74, 6) is 0. The molecule has 0 N–H and O–H groups in total. The third-order valence-corrected chi connectivity index (χ3v) is 9.24. The van der Waals surface area contributed by atoms with E-state index in [1.165, 1.54) is 87.6 Å². The molecule has 0 spiro atoms. The Bertz CT molecular complexity index is 2510. The third kappa shape index (κ3) is 3.80. The van der Waals surface area contributed by atoms with Crippen molar-refractivity contribution in [1.29, 1.82) is 0 Å². The fourth-order valence-corrected chi connectivity index (χ4v) is 7.09. The predicted molar refractivity (Wildman–Crippen MR) is 189 cm³/mol. The highest BCUT2D eigenvalue weighted by atomic mass is 15.0. The van der Waals surface area contributed by atoms with Gasteiger partial charge in [0.25, 0.3) is 0 Å². The van der Waals surface area contributed by atoms with Crippen molar-refractivity contribution in [2.24, 2.45) is 0 Å². The molecule has 0 bridgehead atoms. The van der Waals surface area contributed by atoms with Crippen molar-refractivity contribution in [2.45, 2.75) is 6.92 Å². The van der Waals surface area contributed by atoms with Crippen LogP contribution in [0.1, 0.15) is 5.56 Å². The first-order valence-electron chi connectivity index (χ1n) is 15.3. The fourth-order valence-electron chi connectivity index (χ4n) is 7.09. The Morgan fingerprint density at radius 2 is 0.818 bits per heavy atom. The number of hydrogen-bond donors (Lipinski definition) is 0. The van der Waals surface area contributed by atoms with Gasteiger partial charge in [-0.05, 0) is 97.9 Å². The minimum Gasteiger partial charge on any atom is -0.309 e. The van der Waals surface area contributed by atoms with Crippen molar-refractivity contribution < 1.29 is 0 Å². The van der Waals surface area contributed by atoms with Gasteiger partial charge in [0.15, 0.2) is 0 Å². The van der Waals surface area contributed by atoms with Gasteiger partial charge in [0.05, 0.1) is 11.0 Å². The molecule has 0 saturated heterocycles. The van der Waals surface area contributed by atoms with Crippen LogP contribution < -0.4 is 0 Å². The average molecular weight is 560 g/mol. The van der Waals surface area contributed by atoms with E-state index in [0.717, 1.165) is 0 Å². The Labute approximate surface area is 256 Å². The quantitative estimate of drug-likeness (QED) is 0.190. The van der Waals surface area contributed by atoms with E-state index in [1.54, 1.807) is 0 Å². The molecule has 0 aliphatic rings. The Morgan fingerprint density at radius 3 is 1.55 bits per heavy atom. The molecule has 0 radical (unpaired) electrons. The van der Waals surface area contributed by atoms with Crippen LogP contribution in [0.5, 0.6) is 0 Å². The lowest BCUT2D eigenvalue weighted by Gasteiger charge is -2.13. The van der Waals surface area contributed by atoms with Crippen LogP contribution in [-0.4, -0.2) is 4.57 Å². The van der Waals surface area contributed by atoms with Crippen molar-refractivity contribution >= 4 is 54.1 Å². The second kappa shape index (κ2) is 9.69. The van der Waals surface area contributed by atoms with Crippen LogP contribution in [0.25, 0.3) is 82.1 Å². The topological polar surface area (TPSA) is 4.93 Å². The molecule has 1 nitrogen and oxygen atoms in total. The molecule has 8 aromatic carbocycles. The Balaban J connectivity index is 1.23. The smallest absolute Gasteiger partial charge is 0.0541 e. The number of aromatic nitrogens is 1. The Morgan fingerprint density at radius 1 is 0.318 bits per heavy atom. The van der Waals surface area contributed by atoms with Gasteiger partial charge in [-0.1, -0.05) is 127 Å². The van der Waals surface area contributed by atoms with Crippen LogP contribution in [0.15, 0.2) is 158 Å². The molecule has 0 fully saturated rings. The van der Waals surface area contributed by atoms with Gasteiger partial charge in [-0.3, -0.25) is 0 Å². The standard InChI is InChI=1S/C43H29N/c1-28-17-19-29(20-18-28)31-22-24-43-41(27-31)39-15-6-7-16-42(39)44(43)33-10-8-9-30(25-33)32-21-23-38-36-13-3-2-11-34(36)35-12-4-5-14-37(35)40(38)26-32/h2-27H,1H3. The lowest BCUT2D eigenvalue weighted by atomic mass is 9.92. The Kier molecular flexibility index (Phi) is 5.48. The highest BCUT2D eigenvalue weighted by Gasteiger charge is 2.15. The monoisotopic (exact) mass is 559 g/mol. The summed E-state index contributed by atoms with van der Waals surface area (Å²) >= 11 is 0. The molecular weight excluding hydrogens is 530 g/mol. The molecule has 1 heteroatoms. The number of nitrogens with zero attached hydrogens (tertiary/aromatic N) is 1. The van der Waals surface area contributed by atoms with Crippen molar-refractivity contribution in [2.75, 3.05) is 0 Å². The van der Waals surface area contributed by atoms with E-state index in [-0.39, 0.29) is 0 Å². The molecule has 9 rings (SSSR count). The van der Waals surface area contributed by atoms with E-state index < -0.39 is 0 Å². The van der Waals surface area contributed by atoms with Gasteiger partial charge in [0.2, 0.25) is 0 Å². The van der Waals surface area contributed by atoms with Gasteiger partial charge in [-0.15, -0.1) is 0 Å². The summed E-state index contributed by atoms with van der Waals surface area (Å²) in [7, 11) is 0. The number of hydrogen-bond acceptors (Lipinski definition) is 0. The molecule has 0 amide bonds. The van der Waals surface area contributed by atoms with Gasteiger partial charge in [0, 0.05) is 16.5 Å². The first-order chi connectivity index (χ1) is 21.7. The molecule has 206 valence electrons. The molecule has 0 saturated carbocycles. The SMILES string of the molecule is Cc1ccc(-c2ccc3c(c2)c2ccccc2n3-c2cccc(-c3ccc4c5ccccc5c5ccccc5c4c3)c2)cc1. The van der Waals surface area contributed by atoms with Crippen molar-refractivity contribution in [3.05, 3.63) is 163 Å². The first-order valence-corrected chi connectivity index (χ1v) is 15.3. The van der Waals surface area contributed by atoms with Gasteiger partial charge in [0.1, 0.15) is 0 Å². The lowest BCUT2D eigenvalue weighted by Crippen LogP contribution is -1.94. The summed E-state index contributed by atoms with van der Waals surface area (Å²) in [6, 6.07) is 58.0. The van der Waals surface area contributed by atoms with Crippen LogP contribution in [0.4, 0.5) is 0 Å². The summed E-state index contributed by atoms with van der Waals surface area (Å²) in [6.45, 7) is 2.14. The van der Waals surface area contributed by atoms with E-state index in [2.05, 4.69) is 169 Å². The molecule has 0 unspecified atom stereocenters. The second-order valence-corrected chi connectivity index (χ2v) is 11.9. The zero-order chi connectivity index (χ0) is 29.2. The number of para-hydroxylation sites is 1. The minimum atomic E-state index is 1.17. The van der Waals surface area contributed by atoms with E-state index in [0.29, 0.717) is 0 Å². The number of rotatable bonds is 3. The summed E-state index contributed by atoms with van der Waals surface area (Å²) in [5.41, 5.74) is 9.80. The van der Waals surface area contributed by atoms with Gasteiger partial charge in [-0.25, -0.2) is 0 Å². The predicted octanol–water partition coefficient (Wildman–Crippen LogP) is 11.9. The largest absolute Gasteiger partial charge is 0.309 e. The average Bonchev–Trinajstić information content (AvgIpc) is 3.42. The molecule has 1 heterocycles. The molecule has 44 heavy (non-hydrogen) atoms. The fraction of sp³-hybridized carbons (Fsp3) is 0.0233. The maximum atomic E-state index is 2.41. The van der Waals surface area contributed by atoms with E-state index >= 15 is 0 Å². The Hall–Kier alpha value is -5.66. The minimum absolute atomic E-state index is 1.17. The van der Waals surface area contributed by atoms with Crippen LogP contribution >= 0.6 is 0 Å². The highest BCUT2D eigenvalue weighted by molar-refractivity contribution is 6.25. The first kappa shape index (κ1) is 24.9. The summed E-state index contributed by atoms with van der Waals surface area (Å²) in [5, 5.41) is 10.3. The molecule has 9 aromatic rings. The summed E-state index contributed by atoms with van der Waals surface area (Å²) in [4.78, 5) is 0. The third-order valence-electron chi connectivity index (χ3n) is 9.24. The molecule has 1 aromatic heterocycles. The summed E-state index contributed by atoms with van der Waals surface area (Å²) < 4.78 is 2.41. The lowest BCUT2D eigenvalue weighted by molar-refractivity contribution is 1.18. The van der Waals surface area contributed by atoms with Gasteiger partial charge in [-0.2, -0.15) is 0 Å². The van der Waals surface area contributed by atoms with Crippen molar-refractivity contribution in [3.8, 4) is 27.9 Å². The van der Waals surface area contributed by atoms with Crippen molar-refractivity contribution in [1.82, 2.24) is 4.57 Å². The summed E-state index contributed by atoms with van der Waals surface area (Å²) in [6.07, 6.45) is 0. The number of fused-ring (bicyclic) bond motifs is 9. The number of benzene rings is 8. The molecule has 0 atom stereocenters. The highest BCUT2D eigenvalue weighted by Crippen LogP contribution is 2.39. The second-order valence-electron chi connectivity index (χ2n) is 11.9. The zero-order valence-electron chi connectivity index (χ0n) is 24.5. The van der Waals surface area contributed by atoms with E-state index in [9.17, 15) is 0 Å². The van der Waals surface area contributed by atoms with E-state index in [1.807, 2.05) is 0 Å². The maximum absolute atomic E-state index is 2.41. The van der Waals surface area contributed by atoms with Crippen molar-refractivity contribution in [3.63, 3.8) is 0 Å². The zero-order valence-corrected chi connectivity index (χ0v) is 24.5. The van der Waals surface area contributed by atoms with Crippen LogP contribution in [0.2, 0.25) is 0 Å². The molecule has 0 aliphatic heterocycles. The van der Waals surface area contributed by atoms with Crippen LogP contribution in [0.3, 0.4) is 0 Å². The number of aryl methyl sites for hydroxylation is 1. The van der Waals surface area contributed by atoms with Gasteiger partial charge < -0.3 is 4.57 Å².